The van der Waals surface area contributed by atoms with Gasteiger partial charge in [0.15, 0.2) is 0 Å². The van der Waals surface area contributed by atoms with Crippen molar-refractivity contribution < 1.29 is 14.0 Å². The maximum Gasteiger partial charge on any atom is 0.234 e. The summed E-state index contributed by atoms with van der Waals surface area (Å²) in [7, 11) is 0. The molecular weight excluding hydrogens is 242 g/mol. The fraction of sp³-hybridized carbons (Fsp3) is 0.200. The number of imide groups is 1. The minimum atomic E-state index is -0.333. The van der Waals surface area contributed by atoms with E-state index in [1.165, 1.54) is 0 Å². The van der Waals surface area contributed by atoms with Crippen LogP contribution in [0.15, 0.2) is 35.5 Å². The van der Waals surface area contributed by atoms with Gasteiger partial charge >= 0.3 is 0 Å². The normalized spacial score (nSPS) is 19.5. The van der Waals surface area contributed by atoms with Crippen molar-refractivity contribution in [1.29, 1.82) is 0 Å². The molecule has 0 aliphatic carbocycles. The van der Waals surface area contributed by atoms with Crippen LogP contribution in [0.3, 0.4) is 0 Å². The van der Waals surface area contributed by atoms with E-state index in [1.807, 2.05) is 18.2 Å². The third-order valence-corrected chi connectivity index (χ3v) is 3.49. The molecule has 3 rings (SSSR count). The fourth-order valence-corrected chi connectivity index (χ4v) is 2.56. The summed E-state index contributed by atoms with van der Waals surface area (Å²) in [5.74, 6) is -0.796. The average Bonchev–Trinajstić information content (AvgIpc) is 2.82. The maximum absolute atomic E-state index is 11.9. The molecule has 1 aliphatic heterocycles. The average molecular weight is 255 g/mol. The number of benzene rings is 1. The molecule has 1 unspecified atom stereocenters. The van der Waals surface area contributed by atoms with E-state index in [1.54, 1.807) is 12.3 Å². The lowest BCUT2D eigenvalue weighted by atomic mass is 9.89. The van der Waals surface area contributed by atoms with Crippen LogP contribution in [0.25, 0.3) is 17.0 Å². The van der Waals surface area contributed by atoms with Gasteiger partial charge in [0, 0.05) is 17.4 Å². The number of carbonyl (C=O) groups is 2. The highest BCUT2D eigenvalue weighted by atomic mass is 16.3. The summed E-state index contributed by atoms with van der Waals surface area (Å²) in [5.41, 5.74) is 2.50. The van der Waals surface area contributed by atoms with Crippen molar-refractivity contribution in [2.75, 3.05) is 0 Å². The number of nitrogens with one attached hydrogen (secondary N) is 1. The van der Waals surface area contributed by atoms with Gasteiger partial charge in [-0.1, -0.05) is 24.8 Å². The zero-order valence-electron chi connectivity index (χ0n) is 10.3. The Bertz CT molecular complexity index is 684. The van der Waals surface area contributed by atoms with Crippen LogP contribution < -0.4 is 5.32 Å². The Morgan fingerprint density at radius 2 is 2.21 bits per heavy atom. The molecule has 1 aromatic heterocycles. The fourth-order valence-electron chi connectivity index (χ4n) is 2.56. The second kappa shape index (κ2) is 4.39. The lowest BCUT2D eigenvalue weighted by Gasteiger charge is -2.20. The third kappa shape index (κ3) is 1.85. The molecule has 0 radical (unpaired) electrons. The van der Waals surface area contributed by atoms with Crippen molar-refractivity contribution in [1.82, 2.24) is 5.32 Å². The lowest BCUT2D eigenvalue weighted by molar-refractivity contribution is -0.134. The molecule has 0 spiro atoms. The lowest BCUT2D eigenvalue weighted by Crippen LogP contribution is -2.39. The first-order chi connectivity index (χ1) is 9.20. The Morgan fingerprint density at radius 3 is 2.95 bits per heavy atom. The molecule has 1 aliphatic rings. The summed E-state index contributed by atoms with van der Waals surface area (Å²) in [4.78, 5) is 23.2. The highest BCUT2D eigenvalue weighted by Gasteiger charge is 2.30. The first-order valence-electron chi connectivity index (χ1n) is 6.17. The molecule has 0 saturated carbocycles. The molecule has 1 fully saturated rings. The SMILES string of the molecule is C=Cc1cccc2occ(C3CCC(=O)NC3=O)c12. The van der Waals surface area contributed by atoms with Crippen LogP contribution in [-0.4, -0.2) is 11.8 Å². The Kier molecular flexibility index (Phi) is 2.71. The minimum absolute atomic E-state index is 0.210. The summed E-state index contributed by atoms with van der Waals surface area (Å²) >= 11 is 0. The van der Waals surface area contributed by atoms with Crippen LogP contribution >= 0.6 is 0 Å². The predicted molar refractivity (Wildman–Crippen MR) is 71.4 cm³/mol. The number of carbonyl (C=O) groups excluding carboxylic acids is 2. The van der Waals surface area contributed by atoms with Gasteiger partial charge in [0.05, 0.1) is 12.2 Å². The van der Waals surface area contributed by atoms with E-state index in [4.69, 9.17) is 4.42 Å². The van der Waals surface area contributed by atoms with Crippen molar-refractivity contribution in [2.24, 2.45) is 0 Å². The van der Waals surface area contributed by atoms with Crippen LogP contribution in [0, 0.1) is 0 Å². The van der Waals surface area contributed by atoms with Gasteiger partial charge in [0.25, 0.3) is 0 Å². The summed E-state index contributed by atoms with van der Waals surface area (Å²) in [6.07, 6.45) is 4.23. The van der Waals surface area contributed by atoms with Crippen molar-refractivity contribution in [2.45, 2.75) is 18.8 Å². The second-order valence-electron chi connectivity index (χ2n) is 4.62. The third-order valence-electron chi connectivity index (χ3n) is 3.49. The minimum Gasteiger partial charge on any atom is -0.464 e. The van der Waals surface area contributed by atoms with Crippen LogP contribution in [-0.2, 0) is 9.59 Å². The van der Waals surface area contributed by atoms with Crippen molar-refractivity contribution >= 4 is 28.9 Å². The molecule has 19 heavy (non-hydrogen) atoms. The van der Waals surface area contributed by atoms with Gasteiger partial charge < -0.3 is 4.42 Å². The Labute approximate surface area is 110 Å². The molecule has 1 N–H and O–H groups in total. The molecule has 1 aromatic carbocycles. The first-order valence-corrected chi connectivity index (χ1v) is 6.17. The van der Waals surface area contributed by atoms with E-state index in [0.29, 0.717) is 12.8 Å². The largest absolute Gasteiger partial charge is 0.464 e. The second-order valence-corrected chi connectivity index (χ2v) is 4.62. The Hall–Kier alpha value is -2.36. The summed E-state index contributed by atoms with van der Waals surface area (Å²) in [5, 5.41) is 3.28. The zero-order valence-corrected chi connectivity index (χ0v) is 10.3. The molecule has 4 nitrogen and oxygen atoms in total. The number of hydrogen-bond donors (Lipinski definition) is 1. The predicted octanol–water partition coefficient (Wildman–Crippen LogP) is 2.60. The monoisotopic (exact) mass is 255 g/mol. The number of fused-ring (bicyclic) bond motifs is 1. The Balaban J connectivity index is 2.13. The number of piperidine rings is 1. The van der Waals surface area contributed by atoms with Gasteiger partial charge in [-0.05, 0) is 18.1 Å². The van der Waals surface area contributed by atoms with E-state index < -0.39 is 0 Å². The van der Waals surface area contributed by atoms with Crippen LogP contribution in [0.5, 0.6) is 0 Å². The van der Waals surface area contributed by atoms with E-state index in [-0.39, 0.29) is 17.7 Å². The van der Waals surface area contributed by atoms with Gasteiger partial charge in [-0.25, -0.2) is 0 Å². The van der Waals surface area contributed by atoms with Crippen LogP contribution in [0.2, 0.25) is 0 Å². The van der Waals surface area contributed by atoms with Crippen molar-refractivity contribution in [3.63, 3.8) is 0 Å². The van der Waals surface area contributed by atoms with E-state index in [0.717, 1.165) is 22.1 Å². The van der Waals surface area contributed by atoms with Gasteiger partial charge in [0.2, 0.25) is 11.8 Å². The molecule has 2 amide bonds. The molecule has 1 saturated heterocycles. The van der Waals surface area contributed by atoms with E-state index in [2.05, 4.69) is 11.9 Å². The number of hydrogen-bond acceptors (Lipinski definition) is 3. The molecule has 1 atom stereocenters. The van der Waals surface area contributed by atoms with Gasteiger partial charge in [0.1, 0.15) is 5.58 Å². The quantitative estimate of drug-likeness (QED) is 0.839. The van der Waals surface area contributed by atoms with Crippen LogP contribution in [0.4, 0.5) is 0 Å². The highest BCUT2D eigenvalue weighted by Crippen LogP contribution is 2.34. The van der Waals surface area contributed by atoms with Gasteiger partial charge in [-0.15, -0.1) is 0 Å². The molecule has 2 aromatic rings. The summed E-state index contributed by atoms with van der Waals surface area (Å²) in [6, 6.07) is 5.68. The summed E-state index contributed by atoms with van der Waals surface area (Å²) in [6.45, 7) is 3.78. The standard InChI is InChI=1S/C15H13NO3/c1-2-9-4-3-5-12-14(9)11(8-19-12)10-6-7-13(17)16-15(10)18/h2-5,8,10H,1,6-7H2,(H,16,17,18). The van der Waals surface area contributed by atoms with E-state index in [9.17, 15) is 9.59 Å². The van der Waals surface area contributed by atoms with Gasteiger partial charge in [-0.2, -0.15) is 0 Å². The smallest absolute Gasteiger partial charge is 0.234 e. The molecule has 2 heterocycles. The number of furan rings is 1. The van der Waals surface area contributed by atoms with Gasteiger partial charge in [-0.3, -0.25) is 14.9 Å². The molecule has 0 bridgehead atoms. The van der Waals surface area contributed by atoms with Crippen molar-refractivity contribution in [3.8, 4) is 0 Å². The van der Waals surface area contributed by atoms with E-state index >= 15 is 0 Å². The van der Waals surface area contributed by atoms with Crippen LogP contribution in [0.1, 0.15) is 29.9 Å². The zero-order chi connectivity index (χ0) is 13.4. The topological polar surface area (TPSA) is 59.3 Å². The number of rotatable bonds is 2. The summed E-state index contributed by atoms with van der Waals surface area (Å²) < 4.78 is 5.51. The Morgan fingerprint density at radius 1 is 1.37 bits per heavy atom. The first kappa shape index (κ1) is 11.7. The maximum atomic E-state index is 11.9. The molecule has 4 heteroatoms. The highest BCUT2D eigenvalue weighted by molar-refractivity contribution is 6.03. The molecular formula is C15H13NO3. The van der Waals surface area contributed by atoms with Crippen molar-refractivity contribution in [3.05, 3.63) is 42.2 Å². The number of amides is 2. The molecule has 96 valence electrons.